The number of amides is 1. The van der Waals surface area contributed by atoms with Crippen LogP contribution in [0.25, 0.3) is 0 Å². The fourth-order valence-corrected chi connectivity index (χ4v) is 3.68. The van der Waals surface area contributed by atoms with Crippen LogP contribution in [-0.4, -0.2) is 72.0 Å². The molecule has 0 N–H and O–H groups in total. The van der Waals surface area contributed by atoms with Crippen LogP contribution in [0.1, 0.15) is 25.7 Å². The van der Waals surface area contributed by atoms with E-state index < -0.39 is 0 Å². The summed E-state index contributed by atoms with van der Waals surface area (Å²) in [5.74, 6) is 1.16. The smallest absolute Gasteiger partial charge is 0.227 e. The molecule has 0 bridgehead atoms. The molecule has 126 valence electrons. The average molecular weight is 317 g/mol. The largest absolute Gasteiger partial charge is 0.342 e. The Balaban J connectivity index is 1.57. The van der Waals surface area contributed by atoms with Crippen molar-refractivity contribution in [2.24, 2.45) is 5.92 Å². The first-order valence-corrected chi connectivity index (χ1v) is 8.62. The second kappa shape index (κ2) is 7.25. The van der Waals surface area contributed by atoms with Crippen LogP contribution in [0, 0.1) is 5.92 Å². The van der Waals surface area contributed by atoms with E-state index in [-0.39, 0.29) is 5.92 Å². The minimum atomic E-state index is 0.0865. The van der Waals surface area contributed by atoms with E-state index in [1.54, 1.807) is 12.4 Å². The second-order valence-corrected chi connectivity index (χ2v) is 6.85. The van der Waals surface area contributed by atoms with Gasteiger partial charge in [0.05, 0.1) is 5.92 Å². The van der Waals surface area contributed by atoms with Gasteiger partial charge < -0.3 is 14.7 Å². The van der Waals surface area contributed by atoms with Crippen LogP contribution < -0.4 is 4.90 Å². The molecule has 0 spiro atoms. The number of rotatable bonds is 3. The highest BCUT2D eigenvalue weighted by atomic mass is 16.2. The minimum absolute atomic E-state index is 0.0865. The van der Waals surface area contributed by atoms with Crippen molar-refractivity contribution in [3.63, 3.8) is 0 Å². The molecular weight excluding hydrogens is 290 g/mol. The van der Waals surface area contributed by atoms with E-state index in [0.29, 0.717) is 11.9 Å². The van der Waals surface area contributed by atoms with Gasteiger partial charge in [0.15, 0.2) is 0 Å². The van der Waals surface area contributed by atoms with Gasteiger partial charge in [0.25, 0.3) is 0 Å². The lowest BCUT2D eigenvalue weighted by Crippen LogP contribution is -2.49. The lowest BCUT2D eigenvalue weighted by molar-refractivity contribution is -0.137. The summed E-state index contributed by atoms with van der Waals surface area (Å²) in [5.41, 5.74) is 0. The zero-order valence-electron chi connectivity index (χ0n) is 14.2. The molecule has 1 aromatic heterocycles. The maximum absolute atomic E-state index is 12.9. The van der Waals surface area contributed by atoms with E-state index in [1.165, 1.54) is 0 Å². The van der Waals surface area contributed by atoms with E-state index in [0.717, 1.165) is 57.8 Å². The minimum Gasteiger partial charge on any atom is -0.342 e. The number of carbonyl (C=O) groups is 1. The van der Waals surface area contributed by atoms with E-state index in [4.69, 9.17) is 0 Å². The molecule has 2 aliphatic heterocycles. The number of hydrogen-bond donors (Lipinski definition) is 0. The summed E-state index contributed by atoms with van der Waals surface area (Å²) >= 11 is 0. The Labute approximate surface area is 138 Å². The highest BCUT2D eigenvalue weighted by Crippen LogP contribution is 2.24. The summed E-state index contributed by atoms with van der Waals surface area (Å²) in [6.45, 7) is 3.47. The van der Waals surface area contributed by atoms with E-state index in [2.05, 4.69) is 38.8 Å². The van der Waals surface area contributed by atoms with Crippen molar-refractivity contribution in [2.75, 3.05) is 45.2 Å². The molecule has 2 saturated heterocycles. The van der Waals surface area contributed by atoms with Crippen LogP contribution in [-0.2, 0) is 4.79 Å². The molecule has 1 amide bonds. The summed E-state index contributed by atoms with van der Waals surface area (Å²) in [6, 6.07) is 2.44. The summed E-state index contributed by atoms with van der Waals surface area (Å²) in [6.07, 6.45) is 7.70. The molecule has 3 heterocycles. The Kier molecular flexibility index (Phi) is 5.10. The Morgan fingerprint density at radius 1 is 1.13 bits per heavy atom. The number of hydrogen-bond acceptors (Lipinski definition) is 5. The molecule has 6 heteroatoms. The first-order valence-electron chi connectivity index (χ1n) is 8.62. The average Bonchev–Trinajstić information content (AvgIpc) is 2.62. The van der Waals surface area contributed by atoms with Crippen molar-refractivity contribution in [1.29, 1.82) is 0 Å². The highest BCUT2D eigenvalue weighted by Gasteiger charge is 2.32. The van der Waals surface area contributed by atoms with Crippen LogP contribution in [0.15, 0.2) is 18.5 Å². The van der Waals surface area contributed by atoms with Gasteiger partial charge in [0.1, 0.15) is 0 Å². The maximum Gasteiger partial charge on any atom is 0.227 e. The number of carbonyl (C=O) groups excluding carboxylic acids is 1. The van der Waals surface area contributed by atoms with Gasteiger partial charge in [0, 0.05) is 44.6 Å². The molecule has 3 rings (SSSR count). The van der Waals surface area contributed by atoms with Crippen LogP contribution in [0.4, 0.5) is 5.95 Å². The van der Waals surface area contributed by atoms with Crippen molar-refractivity contribution < 1.29 is 4.79 Å². The zero-order valence-corrected chi connectivity index (χ0v) is 14.2. The fraction of sp³-hybridized carbons (Fsp3) is 0.706. The van der Waals surface area contributed by atoms with Gasteiger partial charge in [-0.3, -0.25) is 4.79 Å². The quantitative estimate of drug-likeness (QED) is 0.840. The maximum atomic E-state index is 12.9. The summed E-state index contributed by atoms with van der Waals surface area (Å²) in [5, 5.41) is 0. The third-order valence-corrected chi connectivity index (χ3v) is 5.11. The second-order valence-electron chi connectivity index (χ2n) is 6.85. The molecular formula is C17H27N5O. The van der Waals surface area contributed by atoms with Crippen molar-refractivity contribution >= 4 is 11.9 Å². The lowest BCUT2D eigenvalue weighted by Gasteiger charge is -2.39. The predicted molar refractivity (Wildman–Crippen MR) is 90.3 cm³/mol. The molecule has 1 atom stereocenters. The van der Waals surface area contributed by atoms with Gasteiger partial charge in [-0.2, -0.15) is 0 Å². The molecule has 6 nitrogen and oxygen atoms in total. The van der Waals surface area contributed by atoms with Crippen molar-refractivity contribution in [1.82, 2.24) is 19.8 Å². The molecule has 0 saturated carbocycles. The Morgan fingerprint density at radius 3 is 2.48 bits per heavy atom. The molecule has 23 heavy (non-hydrogen) atoms. The van der Waals surface area contributed by atoms with Crippen LogP contribution in [0.5, 0.6) is 0 Å². The van der Waals surface area contributed by atoms with Crippen molar-refractivity contribution in [3.05, 3.63) is 18.5 Å². The van der Waals surface area contributed by atoms with Crippen LogP contribution in [0.3, 0.4) is 0 Å². The zero-order chi connectivity index (χ0) is 16.2. The third kappa shape index (κ3) is 3.80. The highest BCUT2D eigenvalue weighted by molar-refractivity contribution is 5.79. The summed E-state index contributed by atoms with van der Waals surface area (Å²) in [7, 11) is 4.25. The van der Waals surface area contributed by atoms with Crippen LogP contribution >= 0.6 is 0 Å². The molecule has 0 aliphatic carbocycles. The first kappa shape index (κ1) is 16.2. The molecule has 2 fully saturated rings. The Hall–Kier alpha value is -1.69. The molecule has 1 aromatic rings. The Bertz CT molecular complexity index is 513. The SMILES string of the molecule is CN(C)C1CCN(C(=O)[C@@H]2CCCN(c3ncccn3)C2)CC1. The summed E-state index contributed by atoms with van der Waals surface area (Å²) in [4.78, 5) is 28.0. The van der Waals surface area contributed by atoms with Crippen molar-refractivity contribution in [2.45, 2.75) is 31.7 Å². The van der Waals surface area contributed by atoms with Gasteiger partial charge in [-0.15, -0.1) is 0 Å². The van der Waals surface area contributed by atoms with Gasteiger partial charge >= 0.3 is 0 Å². The number of anilines is 1. The van der Waals surface area contributed by atoms with E-state index in [9.17, 15) is 4.79 Å². The van der Waals surface area contributed by atoms with Crippen LogP contribution in [0.2, 0.25) is 0 Å². The van der Waals surface area contributed by atoms with E-state index in [1.807, 2.05) is 6.07 Å². The van der Waals surface area contributed by atoms with E-state index >= 15 is 0 Å². The third-order valence-electron chi connectivity index (χ3n) is 5.11. The van der Waals surface area contributed by atoms with Gasteiger partial charge in [-0.1, -0.05) is 0 Å². The molecule has 2 aliphatic rings. The fourth-order valence-electron chi connectivity index (χ4n) is 3.68. The number of nitrogens with zero attached hydrogens (tertiary/aromatic N) is 5. The van der Waals surface area contributed by atoms with Gasteiger partial charge in [-0.05, 0) is 45.8 Å². The number of aromatic nitrogens is 2. The van der Waals surface area contributed by atoms with Gasteiger partial charge in [-0.25, -0.2) is 9.97 Å². The topological polar surface area (TPSA) is 52.6 Å². The van der Waals surface area contributed by atoms with Crippen molar-refractivity contribution in [3.8, 4) is 0 Å². The predicted octanol–water partition coefficient (Wildman–Crippen LogP) is 1.25. The lowest BCUT2D eigenvalue weighted by atomic mass is 9.95. The normalized spacial score (nSPS) is 23.3. The number of likely N-dealkylation sites (tertiary alicyclic amines) is 1. The standard InChI is InChI=1S/C17H27N5O/c1-20(2)15-6-11-21(12-7-15)16(23)14-5-3-10-22(13-14)17-18-8-4-9-19-17/h4,8-9,14-15H,3,5-7,10-13H2,1-2H3/t14-/m1/s1. The molecule has 0 aromatic carbocycles. The molecule has 0 unspecified atom stereocenters. The Morgan fingerprint density at radius 2 is 1.83 bits per heavy atom. The first-order chi connectivity index (χ1) is 11.1. The monoisotopic (exact) mass is 317 g/mol. The number of piperidine rings is 2. The summed E-state index contributed by atoms with van der Waals surface area (Å²) < 4.78 is 0. The molecule has 0 radical (unpaired) electrons. The van der Waals surface area contributed by atoms with Gasteiger partial charge in [0.2, 0.25) is 11.9 Å².